The molecule has 0 radical (unpaired) electrons. The lowest BCUT2D eigenvalue weighted by Crippen LogP contribution is -2.28. The molecule has 23 heavy (non-hydrogen) atoms. The van der Waals surface area contributed by atoms with Crippen molar-refractivity contribution in [3.8, 4) is 0 Å². The lowest BCUT2D eigenvalue weighted by atomic mass is 9.91. The Kier molecular flexibility index (Phi) is 10.0. The predicted molar refractivity (Wildman–Crippen MR) is 94.4 cm³/mol. The number of unbranched alkanes of at least 4 members (excludes halogenated alkanes) is 5. The number of aryl methyl sites for hydroxylation is 1. The Labute approximate surface area is 140 Å². The number of aliphatic hydroxyl groups excluding tert-OH is 1. The average Bonchev–Trinajstić information content (AvgIpc) is 2.56. The molecule has 0 fully saturated rings. The number of carbonyl (C=O) groups is 1. The van der Waals surface area contributed by atoms with Gasteiger partial charge in [0.15, 0.2) is 0 Å². The molecule has 1 aromatic rings. The number of allylic oxidation sites excluding steroid dienone is 1. The Morgan fingerprint density at radius 3 is 2.35 bits per heavy atom. The third kappa shape index (κ3) is 8.56. The first-order valence-corrected chi connectivity index (χ1v) is 8.71. The summed E-state index contributed by atoms with van der Waals surface area (Å²) in [5.74, 6) is -1.52. The number of rotatable bonds is 13. The van der Waals surface area contributed by atoms with Crippen LogP contribution in [-0.2, 0) is 11.2 Å². The quantitative estimate of drug-likeness (QED) is 0.413. The maximum absolute atomic E-state index is 11.4. The predicted octanol–water partition coefficient (Wildman–Crippen LogP) is 4.60. The molecule has 1 unspecified atom stereocenters. The van der Waals surface area contributed by atoms with Gasteiger partial charge in [-0.15, -0.1) is 6.58 Å². The van der Waals surface area contributed by atoms with E-state index in [9.17, 15) is 15.0 Å². The molecule has 0 aliphatic carbocycles. The Morgan fingerprint density at radius 1 is 1.04 bits per heavy atom. The van der Waals surface area contributed by atoms with Crippen molar-refractivity contribution in [1.29, 1.82) is 0 Å². The van der Waals surface area contributed by atoms with Crippen molar-refractivity contribution < 1.29 is 15.0 Å². The molecule has 0 saturated heterocycles. The largest absolute Gasteiger partial charge is 0.481 e. The van der Waals surface area contributed by atoms with Crippen LogP contribution in [0.25, 0.3) is 0 Å². The van der Waals surface area contributed by atoms with Crippen LogP contribution < -0.4 is 0 Å². The van der Waals surface area contributed by atoms with Crippen LogP contribution in [-0.4, -0.2) is 22.3 Å². The number of hydrogen-bond donors (Lipinski definition) is 2. The van der Waals surface area contributed by atoms with E-state index in [1.807, 2.05) is 36.4 Å². The van der Waals surface area contributed by atoms with Gasteiger partial charge in [0.25, 0.3) is 0 Å². The lowest BCUT2D eigenvalue weighted by molar-refractivity contribution is -0.146. The van der Waals surface area contributed by atoms with Crippen LogP contribution >= 0.6 is 0 Å². The monoisotopic (exact) mass is 318 g/mol. The van der Waals surface area contributed by atoms with E-state index in [0.717, 1.165) is 37.7 Å². The molecule has 0 saturated carbocycles. The maximum atomic E-state index is 11.4. The highest BCUT2D eigenvalue weighted by molar-refractivity contribution is 5.70. The molecule has 0 aliphatic heterocycles. The van der Waals surface area contributed by atoms with E-state index in [1.54, 1.807) is 0 Å². The van der Waals surface area contributed by atoms with Gasteiger partial charge in [-0.1, -0.05) is 62.1 Å². The van der Waals surface area contributed by atoms with Crippen molar-refractivity contribution in [3.05, 3.63) is 48.6 Å². The molecule has 0 heterocycles. The van der Waals surface area contributed by atoms with Crippen LogP contribution in [0, 0.1) is 5.92 Å². The third-order valence-electron chi connectivity index (χ3n) is 4.28. The molecule has 2 atom stereocenters. The molecular weight excluding hydrogens is 288 g/mol. The molecule has 0 aromatic heterocycles. The third-order valence-corrected chi connectivity index (χ3v) is 4.28. The average molecular weight is 318 g/mol. The number of aliphatic carboxylic acids is 1. The second-order valence-corrected chi connectivity index (χ2v) is 6.17. The zero-order valence-electron chi connectivity index (χ0n) is 14.0. The van der Waals surface area contributed by atoms with Crippen LogP contribution in [0.2, 0.25) is 0 Å². The van der Waals surface area contributed by atoms with Crippen molar-refractivity contribution >= 4 is 5.97 Å². The summed E-state index contributed by atoms with van der Waals surface area (Å²) >= 11 is 0. The molecule has 0 aliphatic rings. The van der Waals surface area contributed by atoms with E-state index >= 15 is 0 Å². The Balaban J connectivity index is 2.27. The standard InChI is InChI=1S/C20H30O3/c1-2-3-4-5-6-7-11-14-18(20(22)23)19(21)16-15-17-12-9-8-10-13-17/h2,8-10,12-13,18-19,21H,1,3-7,11,14-16H2,(H,22,23)/t18?,19-/m1/s1. The fourth-order valence-corrected chi connectivity index (χ4v) is 2.82. The van der Waals surface area contributed by atoms with E-state index in [4.69, 9.17) is 0 Å². The minimum absolute atomic E-state index is 0.500. The summed E-state index contributed by atoms with van der Waals surface area (Å²) in [5, 5.41) is 19.6. The van der Waals surface area contributed by atoms with Gasteiger partial charge in [-0.05, 0) is 37.7 Å². The van der Waals surface area contributed by atoms with Gasteiger partial charge in [-0.3, -0.25) is 4.79 Å². The highest BCUT2D eigenvalue weighted by atomic mass is 16.4. The molecule has 0 amide bonds. The van der Waals surface area contributed by atoms with Gasteiger partial charge in [0.2, 0.25) is 0 Å². The van der Waals surface area contributed by atoms with Crippen LogP contribution in [0.5, 0.6) is 0 Å². The van der Waals surface area contributed by atoms with Crippen LogP contribution in [0.4, 0.5) is 0 Å². The van der Waals surface area contributed by atoms with Crippen LogP contribution in [0.1, 0.15) is 56.9 Å². The van der Waals surface area contributed by atoms with Crippen molar-refractivity contribution in [1.82, 2.24) is 0 Å². The van der Waals surface area contributed by atoms with Crippen LogP contribution in [0.15, 0.2) is 43.0 Å². The Morgan fingerprint density at radius 2 is 1.70 bits per heavy atom. The number of aliphatic hydroxyl groups is 1. The van der Waals surface area contributed by atoms with Crippen molar-refractivity contribution in [2.75, 3.05) is 0 Å². The van der Waals surface area contributed by atoms with Crippen molar-refractivity contribution in [2.24, 2.45) is 5.92 Å². The minimum atomic E-state index is -0.878. The first-order chi connectivity index (χ1) is 11.1. The fraction of sp³-hybridized carbons (Fsp3) is 0.550. The molecule has 128 valence electrons. The summed E-state index contributed by atoms with van der Waals surface area (Å²) in [7, 11) is 0. The SMILES string of the molecule is C=CCCCCCCCC(C(=O)O)[C@H](O)CCc1ccccc1. The van der Waals surface area contributed by atoms with E-state index in [0.29, 0.717) is 19.3 Å². The molecule has 3 heteroatoms. The normalized spacial score (nSPS) is 13.4. The van der Waals surface area contributed by atoms with Crippen molar-refractivity contribution in [3.63, 3.8) is 0 Å². The number of carboxylic acid groups (broad SMARTS) is 1. The van der Waals surface area contributed by atoms with Gasteiger partial charge in [-0.2, -0.15) is 0 Å². The smallest absolute Gasteiger partial charge is 0.309 e. The van der Waals surface area contributed by atoms with E-state index < -0.39 is 18.0 Å². The zero-order chi connectivity index (χ0) is 16.9. The molecule has 1 aromatic carbocycles. The second-order valence-electron chi connectivity index (χ2n) is 6.17. The van der Waals surface area contributed by atoms with Crippen LogP contribution in [0.3, 0.4) is 0 Å². The van der Waals surface area contributed by atoms with E-state index in [1.165, 1.54) is 6.42 Å². The second kappa shape index (κ2) is 11.9. The number of hydrogen-bond acceptors (Lipinski definition) is 2. The van der Waals surface area contributed by atoms with E-state index in [2.05, 4.69) is 6.58 Å². The highest BCUT2D eigenvalue weighted by Gasteiger charge is 2.25. The molecule has 3 nitrogen and oxygen atoms in total. The Hall–Kier alpha value is -1.61. The maximum Gasteiger partial charge on any atom is 0.309 e. The lowest BCUT2D eigenvalue weighted by Gasteiger charge is -2.19. The summed E-state index contributed by atoms with van der Waals surface area (Å²) < 4.78 is 0. The number of benzene rings is 1. The van der Waals surface area contributed by atoms with Gasteiger partial charge in [-0.25, -0.2) is 0 Å². The summed E-state index contributed by atoms with van der Waals surface area (Å²) in [6, 6.07) is 9.89. The summed E-state index contributed by atoms with van der Waals surface area (Å²) in [6.45, 7) is 3.70. The molecule has 2 N–H and O–H groups in total. The van der Waals surface area contributed by atoms with Gasteiger partial charge < -0.3 is 10.2 Å². The summed E-state index contributed by atoms with van der Waals surface area (Å²) in [6.07, 6.45) is 9.35. The van der Waals surface area contributed by atoms with Crippen molar-refractivity contribution in [2.45, 2.75) is 63.9 Å². The van der Waals surface area contributed by atoms with E-state index in [-0.39, 0.29) is 0 Å². The van der Waals surface area contributed by atoms with Gasteiger partial charge in [0, 0.05) is 0 Å². The van der Waals surface area contributed by atoms with Gasteiger partial charge in [0.05, 0.1) is 12.0 Å². The fourth-order valence-electron chi connectivity index (χ4n) is 2.82. The molecule has 0 spiro atoms. The Bertz CT molecular complexity index is 441. The minimum Gasteiger partial charge on any atom is -0.481 e. The topological polar surface area (TPSA) is 57.5 Å². The molecule has 1 rings (SSSR count). The first kappa shape index (κ1) is 19.4. The zero-order valence-corrected chi connectivity index (χ0v) is 14.0. The summed E-state index contributed by atoms with van der Waals surface area (Å²) in [5.41, 5.74) is 1.14. The van der Waals surface area contributed by atoms with Gasteiger partial charge >= 0.3 is 5.97 Å². The molecular formula is C20H30O3. The number of carboxylic acids is 1. The highest BCUT2D eigenvalue weighted by Crippen LogP contribution is 2.19. The van der Waals surface area contributed by atoms with Gasteiger partial charge in [0.1, 0.15) is 0 Å². The summed E-state index contributed by atoms with van der Waals surface area (Å²) in [4.78, 5) is 11.4. The first-order valence-electron chi connectivity index (χ1n) is 8.71. The molecule has 0 bridgehead atoms.